The molecule has 0 saturated carbocycles. The van der Waals surface area contributed by atoms with E-state index in [0.717, 1.165) is 62.8 Å². The van der Waals surface area contributed by atoms with Gasteiger partial charge in [0.15, 0.2) is 5.13 Å². The smallest absolute Gasteiger partial charge is 0.227 e. The number of hydrogen-bond acceptors (Lipinski definition) is 5. The molecule has 6 heteroatoms. The highest BCUT2D eigenvalue weighted by atomic mass is 32.1. The zero-order valence-electron chi connectivity index (χ0n) is 20.2. The zero-order valence-corrected chi connectivity index (χ0v) is 21.0. The van der Waals surface area contributed by atoms with Gasteiger partial charge in [-0.15, -0.1) is 0 Å². The van der Waals surface area contributed by atoms with E-state index in [0.29, 0.717) is 5.91 Å². The third kappa shape index (κ3) is 4.33. The van der Waals surface area contributed by atoms with E-state index in [4.69, 9.17) is 4.98 Å². The van der Waals surface area contributed by atoms with Gasteiger partial charge in [0, 0.05) is 45.0 Å². The Morgan fingerprint density at radius 1 is 0.970 bits per heavy atom. The summed E-state index contributed by atoms with van der Waals surface area (Å²) in [7, 11) is 0. The molecule has 0 bridgehead atoms. The molecule has 2 saturated heterocycles. The summed E-state index contributed by atoms with van der Waals surface area (Å²) in [6.07, 6.45) is 2.03. The average molecular weight is 463 g/mol. The maximum Gasteiger partial charge on any atom is 0.227 e. The minimum absolute atomic E-state index is 0.0702. The number of anilines is 2. The lowest BCUT2D eigenvalue weighted by Crippen LogP contribution is -2.52. The Labute approximate surface area is 201 Å². The van der Waals surface area contributed by atoms with Crippen LogP contribution in [0.5, 0.6) is 0 Å². The molecule has 1 atom stereocenters. The van der Waals surface area contributed by atoms with Gasteiger partial charge in [0.05, 0.1) is 16.1 Å². The molecule has 0 N–H and O–H groups in total. The van der Waals surface area contributed by atoms with Crippen molar-refractivity contribution in [2.75, 3.05) is 49.1 Å². The molecular weight excluding hydrogens is 428 g/mol. The monoisotopic (exact) mass is 462 g/mol. The lowest BCUT2D eigenvalue weighted by Gasteiger charge is -2.40. The second kappa shape index (κ2) is 8.98. The number of carbonyl (C=O) groups excluding carboxylic acids is 1. The van der Waals surface area contributed by atoms with Crippen LogP contribution >= 0.6 is 11.3 Å². The summed E-state index contributed by atoms with van der Waals surface area (Å²) in [4.78, 5) is 25.3. The van der Waals surface area contributed by atoms with Crippen LogP contribution in [-0.4, -0.2) is 55.1 Å². The molecule has 1 amide bonds. The van der Waals surface area contributed by atoms with Crippen LogP contribution in [0.3, 0.4) is 0 Å². The number of aromatic nitrogens is 1. The first-order chi connectivity index (χ1) is 15.9. The van der Waals surface area contributed by atoms with Crippen LogP contribution in [0.2, 0.25) is 0 Å². The summed E-state index contributed by atoms with van der Waals surface area (Å²) in [5, 5.41) is 1.07. The first-order valence-corrected chi connectivity index (χ1v) is 12.9. The van der Waals surface area contributed by atoms with Crippen molar-refractivity contribution in [3.05, 3.63) is 52.6 Å². The lowest BCUT2D eigenvalue weighted by atomic mass is 9.96. The van der Waals surface area contributed by atoms with Crippen LogP contribution in [0.15, 0.2) is 30.3 Å². The molecule has 33 heavy (non-hydrogen) atoms. The van der Waals surface area contributed by atoms with Gasteiger partial charge in [0.25, 0.3) is 0 Å². The van der Waals surface area contributed by atoms with Crippen molar-refractivity contribution in [3.8, 4) is 0 Å². The highest BCUT2D eigenvalue weighted by Crippen LogP contribution is 2.34. The number of piperidine rings is 1. The number of piperazine rings is 1. The molecule has 2 fully saturated rings. The largest absolute Gasteiger partial charge is 0.368 e. The Bertz CT molecular complexity index is 1180. The highest BCUT2D eigenvalue weighted by Gasteiger charge is 2.32. The van der Waals surface area contributed by atoms with Gasteiger partial charge in [-0.1, -0.05) is 29.5 Å². The van der Waals surface area contributed by atoms with E-state index in [1.807, 2.05) is 0 Å². The summed E-state index contributed by atoms with van der Waals surface area (Å²) in [5.41, 5.74) is 7.61. The van der Waals surface area contributed by atoms with Crippen LogP contribution in [-0.2, 0) is 4.79 Å². The van der Waals surface area contributed by atoms with E-state index in [1.54, 1.807) is 11.3 Å². The number of amides is 1. The Morgan fingerprint density at radius 3 is 2.55 bits per heavy atom. The number of fused-ring (bicyclic) bond motifs is 1. The molecule has 1 aromatic heterocycles. The number of benzene rings is 2. The van der Waals surface area contributed by atoms with E-state index in [1.165, 1.54) is 32.6 Å². The van der Waals surface area contributed by atoms with Crippen molar-refractivity contribution in [2.24, 2.45) is 5.92 Å². The quantitative estimate of drug-likeness (QED) is 0.543. The van der Waals surface area contributed by atoms with Crippen LogP contribution in [0.1, 0.15) is 35.1 Å². The maximum absolute atomic E-state index is 13.4. The van der Waals surface area contributed by atoms with E-state index in [2.05, 4.69) is 72.7 Å². The van der Waals surface area contributed by atoms with Gasteiger partial charge < -0.3 is 14.7 Å². The van der Waals surface area contributed by atoms with E-state index < -0.39 is 0 Å². The first kappa shape index (κ1) is 22.2. The number of rotatable bonds is 3. The van der Waals surface area contributed by atoms with Gasteiger partial charge in [-0.05, 0) is 74.9 Å². The fourth-order valence-corrected chi connectivity index (χ4v) is 6.53. The lowest BCUT2D eigenvalue weighted by molar-refractivity contribution is -0.136. The van der Waals surface area contributed by atoms with Crippen LogP contribution in [0.25, 0.3) is 10.2 Å². The van der Waals surface area contributed by atoms with Gasteiger partial charge in [-0.3, -0.25) is 4.79 Å². The summed E-state index contributed by atoms with van der Waals surface area (Å²) in [5.74, 6) is 0.398. The Morgan fingerprint density at radius 2 is 1.76 bits per heavy atom. The van der Waals surface area contributed by atoms with Crippen molar-refractivity contribution >= 4 is 38.3 Å². The fraction of sp³-hybridized carbons (Fsp3) is 0.481. The van der Waals surface area contributed by atoms with E-state index in [-0.39, 0.29) is 5.92 Å². The standard InChI is InChI=1S/C27H34N4OS/c1-18-15-20(3)25-24(16-18)33-27(28-25)31-10-6-8-22(17-31)26(32)30-13-11-29(12-14-30)23-9-5-7-19(2)21(23)4/h5,7,9,15-16,22H,6,8,10-14,17H2,1-4H3/t22-/m0/s1. The van der Waals surface area contributed by atoms with Crippen molar-refractivity contribution in [2.45, 2.75) is 40.5 Å². The van der Waals surface area contributed by atoms with E-state index >= 15 is 0 Å². The molecule has 0 spiro atoms. The molecule has 0 radical (unpaired) electrons. The number of aryl methyl sites for hydroxylation is 3. The van der Waals surface area contributed by atoms with Crippen LogP contribution in [0, 0.1) is 33.6 Å². The summed E-state index contributed by atoms with van der Waals surface area (Å²) in [6.45, 7) is 13.8. The van der Waals surface area contributed by atoms with Crippen molar-refractivity contribution in [1.29, 1.82) is 0 Å². The predicted molar refractivity (Wildman–Crippen MR) is 139 cm³/mol. The third-order valence-corrected chi connectivity index (χ3v) is 8.43. The fourth-order valence-electron chi connectivity index (χ4n) is 5.35. The zero-order chi connectivity index (χ0) is 23.1. The van der Waals surface area contributed by atoms with Gasteiger partial charge >= 0.3 is 0 Å². The number of hydrogen-bond donors (Lipinski definition) is 0. The van der Waals surface area contributed by atoms with Gasteiger partial charge in [0.2, 0.25) is 5.91 Å². The Kier molecular flexibility index (Phi) is 6.04. The normalized spacial score (nSPS) is 19.4. The summed E-state index contributed by atoms with van der Waals surface area (Å²) < 4.78 is 1.25. The third-order valence-electron chi connectivity index (χ3n) is 7.37. The summed E-state index contributed by atoms with van der Waals surface area (Å²) >= 11 is 1.77. The second-order valence-electron chi connectivity index (χ2n) is 9.74. The van der Waals surface area contributed by atoms with Crippen LogP contribution in [0.4, 0.5) is 10.8 Å². The van der Waals surface area contributed by atoms with Gasteiger partial charge in [-0.25, -0.2) is 4.98 Å². The minimum atomic E-state index is 0.0702. The minimum Gasteiger partial charge on any atom is -0.368 e. The average Bonchev–Trinajstić information content (AvgIpc) is 3.25. The molecule has 3 aromatic rings. The van der Waals surface area contributed by atoms with Crippen molar-refractivity contribution < 1.29 is 4.79 Å². The summed E-state index contributed by atoms with van der Waals surface area (Å²) in [6, 6.07) is 10.9. The molecule has 5 rings (SSSR count). The van der Waals surface area contributed by atoms with Gasteiger partial charge in [0.1, 0.15) is 0 Å². The molecule has 2 aromatic carbocycles. The number of nitrogens with zero attached hydrogens (tertiary/aromatic N) is 4. The molecule has 0 unspecified atom stereocenters. The second-order valence-corrected chi connectivity index (χ2v) is 10.8. The molecule has 2 aliphatic heterocycles. The van der Waals surface area contributed by atoms with Gasteiger partial charge in [-0.2, -0.15) is 0 Å². The topological polar surface area (TPSA) is 39.7 Å². The number of carbonyl (C=O) groups is 1. The van der Waals surface area contributed by atoms with Crippen molar-refractivity contribution in [3.63, 3.8) is 0 Å². The molecule has 5 nitrogen and oxygen atoms in total. The predicted octanol–water partition coefficient (Wildman–Crippen LogP) is 5.10. The maximum atomic E-state index is 13.4. The highest BCUT2D eigenvalue weighted by molar-refractivity contribution is 7.22. The van der Waals surface area contributed by atoms with Crippen LogP contribution < -0.4 is 9.80 Å². The molecule has 3 heterocycles. The number of thiazole rings is 1. The van der Waals surface area contributed by atoms with E-state index in [9.17, 15) is 4.79 Å². The molecule has 0 aliphatic carbocycles. The van der Waals surface area contributed by atoms with Crippen molar-refractivity contribution in [1.82, 2.24) is 9.88 Å². The molecule has 2 aliphatic rings. The SMILES string of the molecule is Cc1cc(C)c2nc(N3CCC[C@H](C(=O)N4CCN(c5cccc(C)c5C)CC4)C3)sc2c1. The Hall–Kier alpha value is -2.60. The first-order valence-electron chi connectivity index (χ1n) is 12.1. The Balaban J connectivity index is 1.24. The molecular formula is C27H34N4OS. The molecule has 174 valence electrons.